The first-order chi connectivity index (χ1) is 17.8. The maximum Gasteiger partial charge on any atom is 0.324 e. The topological polar surface area (TPSA) is 99.5 Å². The summed E-state index contributed by atoms with van der Waals surface area (Å²) in [5.41, 5.74) is 1.74. The molecule has 3 N–H and O–H groups in total. The Morgan fingerprint density at radius 1 is 1.05 bits per heavy atom. The van der Waals surface area contributed by atoms with Crippen molar-refractivity contribution in [1.82, 2.24) is 14.7 Å². The van der Waals surface area contributed by atoms with Crippen LogP contribution in [-0.4, -0.2) is 50.4 Å². The van der Waals surface area contributed by atoms with Gasteiger partial charge < -0.3 is 15.3 Å². The Balaban J connectivity index is 1.56. The van der Waals surface area contributed by atoms with Gasteiger partial charge in [0, 0.05) is 24.6 Å². The average molecular weight is 559 g/mol. The van der Waals surface area contributed by atoms with Crippen LogP contribution in [-0.2, 0) is 16.6 Å². The monoisotopic (exact) mass is 557 g/mol. The van der Waals surface area contributed by atoms with Crippen LogP contribution in [0.2, 0.25) is 10.0 Å². The van der Waals surface area contributed by atoms with Crippen LogP contribution in [0.3, 0.4) is 0 Å². The number of hydrogen-bond acceptors (Lipinski definition) is 4. The number of aliphatic hydroxyl groups is 1. The average Bonchev–Trinajstić information content (AvgIpc) is 3.26. The molecule has 0 atom stereocenters. The summed E-state index contributed by atoms with van der Waals surface area (Å²) in [5, 5.41) is 21.1. The van der Waals surface area contributed by atoms with E-state index in [-0.39, 0.29) is 22.8 Å². The number of carbonyl (C=O) groups excluding carboxylic acids is 2. The number of amides is 3. The number of piperidine rings is 1. The van der Waals surface area contributed by atoms with Crippen molar-refractivity contribution >= 4 is 46.6 Å². The highest BCUT2D eigenvalue weighted by Crippen LogP contribution is 2.30. The van der Waals surface area contributed by atoms with E-state index in [0.29, 0.717) is 48.1 Å². The second kappa shape index (κ2) is 11.0. The highest BCUT2D eigenvalue weighted by atomic mass is 35.5. The fourth-order valence-electron chi connectivity index (χ4n) is 4.23. The first-order valence-corrected chi connectivity index (χ1v) is 13.3. The molecule has 1 aliphatic rings. The molecule has 8 nitrogen and oxygen atoms in total. The predicted octanol–water partition coefficient (Wildman–Crippen LogP) is 6.04. The number of benzene rings is 2. The van der Waals surface area contributed by atoms with E-state index in [9.17, 15) is 14.7 Å². The molecule has 0 unspecified atom stereocenters. The van der Waals surface area contributed by atoms with Crippen molar-refractivity contribution in [2.45, 2.75) is 58.0 Å². The zero-order valence-corrected chi connectivity index (χ0v) is 23.5. The number of anilines is 2. The quantitative estimate of drug-likeness (QED) is 0.356. The van der Waals surface area contributed by atoms with Crippen LogP contribution in [0.25, 0.3) is 5.69 Å². The van der Waals surface area contributed by atoms with Crippen molar-refractivity contribution in [1.29, 1.82) is 0 Å². The largest absolute Gasteiger partial charge is 0.390 e. The lowest BCUT2D eigenvalue weighted by Crippen LogP contribution is -2.45. The molecular formula is C28H33Cl2N5O3. The lowest BCUT2D eigenvalue weighted by molar-refractivity contribution is -0.134. The first kappa shape index (κ1) is 28.0. The number of likely N-dealkylation sites (tertiary alicyclic amines) is 1. The molecule has 3 amide bonds. The van der Waals surface area contributed by atoms with Crippen molar-refractivity contribution in [3.8, 4) is 5.69 Å². The summed E-state index contributed by atoms with van der Waals surface area (Å²) in [4.78, 5) is 27.6. The molecule has 4 rings (SSSR count). The normalized spacial score (nSPS) is 15.3. The number of nitrogens with zero attached hydrogens (tertiary/aromatic N) is 3. The zero-order chi connectivity index (χ0) is 27.7. The Morgan fingerprint density at radius 3 is 2.42 bits per heavy atom. The van der Waals surface area contributed by atoms with Gasteiger partial charge in [0.15, 0.2) is 0 Å². The molecule has 0 bridgehead atoms. The van der Waals surface area contributed by atoms with Crippen LogP contribution in [0.1, 0.15) is 51.8 Å². The fourth-order valence-corrected chi connectivity index (χ4v) is 4.57. The molecule has 1 aliphatic heterocycles. The van der Waals surface area contributed by atoms with E-state index in [1.54, 1.807) is 27.8 Å². The van der Waals surface area contributed by atoms with Crippen molar-refractivity contribution < 1.29 is 14.7 Å². The van der Waals surface area contributed by atoms with E-state index in [0.717, 1.165) is 11.3 Å². The van der Waals surface area contributed by atoms with Crippen LogP contribution < -0.4 is 10.6 Å². The van der Waals surface area contributed by atoms with Crippen LogP contribution in [0.5, 0.6) is 0 Å². The second-order valence-electron chi connectivity index (χ2n) is 11.0. The highest BCUT2D eigenvalue weighted by Gasteiger charge is 2.29. The highest BCUT2D eigenvalue weighted by molar-refractivity contribution is 6.44. The van der Waals surface area contributed by atoms with E-state index in [2.05, 4.69) is 10.6 Å². The lowest BCUT2D eigenvalue weighted by Gasteiger charge is -2.35. The number of carbonyl (C=O) groups is 2. The standard InChI is InChI=1S/C28H33Cl2N5O3/c1-27(2,3)22-17-23(32-26(37)31-21-10-6-9-20(29)25(21)30)35(33-22)19-8-5-7-18(15-19)16-24(36)34-13-11-28(4,38)12-14-34/h5-10,15,17,38H,11-14,16H2,1-4H3,(H2,31,32,37). The van der Waals surface area contributed by atoms with Crippen molar-refractivity contribution in [3.63, 3.8) is 0 Å². The Bertz CT molecular complexity index is 1340. The predicted molar refractivity (Wildman–Crippen MR) is 152 cm³/mol. The molecule has 10 heteroatoms. The van der Waals surface area contributed by atoms with Crippen molar-refractivity contribution in [2.75, 3.05) is 23.7 Å². The van der Waals surface area contributed by atoms with Crippen LogP contribution in [0, 0.1) is 0 Å². The number of urea groups is 1. The van der Waals surface area contributed by atoms with Gasteiger partial charge in [0.25, 0.3) is 0 Å². The van der Waals surface area contributed by atoms with Gasteiger partial charge in [-0.1, -0.05) is 62.2 Å². The summed E-state index contributed by atoms with van der Waals surface area (Å²) in [6.45, 7) is 9.02. The Labute approximate surface area is 232 Å². The minimum atomic E-state index is -0.713. The van der Waals surface area contributed by atoms with E-state index in [1.807, 2.05) is 58.0 Å². The lowest BCUT2D eigenvalue weighted by atomic mass is 9.92. The van der Waals surface area contributed by atoms with Gasteiger partial charge in [0.2, 0.25) is 5.91 Å². The Hall–Kier alpha value is -3.07. The summed E-state index contributed by atoms with van der Waals surface area (Å²) < 4.78 is 1.66. The van der Waals surface area contributed by atoms with Crippen LogP contribution in [0.4, 0.5) is 16.3 Å². The molecule has 1 saturated heterocycles. The van der Waals surface area contributed by atoms with E-state index >= 15 is 0 Å². The van der Waals surface area contributed by atoms with E-state index < -0.39 is 11.6 Å². The number of halogens is 2. The van der Waals surface area contributed by atoms with E-state index in [1.165, 1.54) is 0 Å². The van der Waals surface area contributed by atoms with Crippen molar-refractivity contribution in [3.05, 3.63) is 69.8 Å². The third kappa shape index (κ3) is 6.67. The maximum absolute atomic E-state index is 12.9. The zero-order valence-electron chi connectivity index (χ0n) is 22.0. The summed E-state index contributed by atoms with van der Waals surface area (Å²) in [6, 6.07) is 13.9. The van der Waals surface area contributed by atoms with Gasteiger partial charge in [0.1, 0.15) is 5.82 Å². The van der Waals surface area contributed by atoms with Crippen LogP contribution >= 0.6 is 23.2 Å². The maximum atomic E-state index is 12.9. The van der Waals surface area contributed by atoms with Crippen molar-refractivity contribution in [2.24, 2.45) is 0 Å². The summed E-state index contributed by atoms with van der Waals surface area (Å²) in [6.07, 6.45) is 1.37. The molecule has 38 heavy (non-hydrogen) atoms. The van der Waals surface area contributed by atoms with Gasteiger partial charge in [-0.2, -0.15) is 5.10 Å². The van der Waals surface area contributed by atoms with Gasteiger partial charge in [-0.05, 0) is 49.6 Å². The minimum Gasteiger partial charge on any atom is -0.390 e. The fraction of sp³-hybridized carbons (Fsp3) is 0.393. The van der Waals surface area contributed by atoms with Gasteiger partial charge in [0.05, 0.1) is 39.1 Å². The molecule has 0 aliphatic carbocycles. The molecule has 3 aromatic rings. The van der Waals surface area contributed by atoms with E-state index in [4.69, 9.17) is 28.3 Å². The summed E-state index contributed by atoms with van der Waals surface area (Å²) >= 11 is 12.3. The number of nitrogens with one attached hydrogen (secondary N) is 2. The van der Waals surface area contributed by atoms with Crippen LogP contribution in [0.15, 0.2) is 48.5 Å². The molecule has 0 spiro atoms. The molecule has 0 radical (unpaired) electrons. The Morgan fingerprint density at radius 2 is 1.74 bits per heavy atom. The third-order valence-electron chi connectivity index (χ3n) is 6.62. The third-order valence-corrected chi connectivity index (χ3v) is 7.44. The number of rotatable bonds is 5. The molecule has 202 valence electrons. The smallest absolute Gasteiger partial charge is 0.324 e. The molecule has 2 aromatic carbocycles. The van der Waals surface area contributed by atoms with Gasteiger partial charge in [-0.15, -0.1) is 0 Å². The first-order valence-electron chi connectivity index (χ1n) is 12.5. The summed E-state index contributed by atoms with van der Waals surface area (Å²) in [7, 11) is 0. The molecule has 1 aromatic heterocycles. The van der Waals surface area contributed by atoms with Gasteiger partial charge in [-0.3, -0.25) is 10.1 Å². The summed E-state index contributed by atoms with van der Waals surface area (Å²) in [5.74, 6) is 0.483. The molecular weight excluding hydrogens is 525 g/mol. The molecule has 0 saturated carbocycles. The number of aromatic nitrogens is 2. The second-order valence-corrected chi connectivity index (χ2v) is 11.8. The Kier molecular flexibility index (Phi) is 8.06. The SMILES string of the molecule is CC1(O)CCN(C(=O)Cc2cccc(-n3nc(C(C)(C)C)cc3NC(=O)Nc3cccc(Cl)c3Cl)c2)CC1. The van der Waals surface area contributed by atoms with Gasteiger partial charge >= 0.3 is 6.03 Å². The number of hydrogen-bond donors (Lipinski definition) is 3. The van der Waals surface area contributed by atoms with Gasteiger partial charge in [-0.25, -0.2) is 9.48 Å². The molecule has 2 heterocycles. The molecule has 1 fully saturated rings. The minimum absolute atomic E-state index is 0.0182.